The number of aromatic nitrogens is 3. The summed E-state index contributed by atoms with van der Waals surface area (Å²) in [5.41, 5.74) is 5.58. The van der Waals surface area contributed by atoms with Crippen LogP contribution in [0.5, 0.6) is 0 Å². The monoisotopic (exact) mass is 259 g/mol. The number of nitrogens with zero attached hydrogens (tertiary/aromatic N) is 3. The van der Waals surface area contributed by atoms with E-state index in [1.165, 1.54) is 0 Å². The van der Waals surface area contributed by atoms with Crippen molar-refractivity contribution < 1.29 is 5.11 Å². The number of hydrogen-bond acceptors (Lipinski definition) is 4. The molecule has 2 aromatic heterocycles. The zero-order valence-electron chi connectivity index (χ0n) is 11.0. The second-order valence-corrected chi connectivity index (χ2v) is 5.69. The van der Waals surface area contributed by atoms with Crippen LogP contribution in [-0.2, 0) is 11.0 Å². The Morgan fingerprint density at radius 2 is 2.16 bits per heavy atom. The molecule has 0 radical (unpaired) electrons. The van der Waals surface area contributed by atoms with Gasteiger partial charge in [0.25, 0.3) is 0 Å². The molecule has 6 heteroatoms. The Morgan fingerprint density at radius 1 is 1.47 bits per heavy atom. The molecule has 19 heavy (non-hydrogen) atoms. The van der Waals surface area contributed by atoms with Gasteiger partial charge in [-0.2, -0.15) is 0 Å². The molecule has 4 N–H and O–H groups in total. The summed E-state index contributed by atoms with van der Waals surface area (Å²) in [4.78, 5) is 0. The van der Waals surface area contributed by atoms with Crippen LogP contribution in [0.15, 0.2) is 18.3 Å². The summed E-state index contributed by atoms with van der Waals surface area (Å²) in [6.45, 7) is 3.43. The maximum Gasteiger partial charge on any atom is 0.166 e. The SMILES string of the molecule is CC(C)(O)c1cccn2c(C3(C(=N)N)CC3)nnc12. The first-order chi connectivity index (χ1) is 8.86. The molecule has 2 heterocycles. The van der Waals surface area contributed by atoms with Crippen LogP contribution >= 0.6 is 0 Å². The lowest BCUT2D eigenvalue weighted by molar-refractivity contribution is 0.0796. The third-order valence-corrected chi connectivity index (χ3v) is 3.79. The van der Waals surface area contributed by atoms with Crippen LogP contribution in [0, 0.1) is 5.41 Å². The summed E-state index contributed by atoms with van der Waals surface area (Å²) in [5.74, 6) is 0.830. The van der Waals surface area contributed by atoms with Crippen LogP contribution in [0.3, 0.4) is 0 Å². The molecule has 1 aliphatic rings. The molecule has 1 saturated carbocycles. The third-order valence-electron chi connectivity index (χ3n) is 3.79. The highest BCUT2D eigenvalue weighted by atomic mass is 16.3. The molecule has 100 valence electrons. The van der Waals surface area contributed by atoms with Gasteiger partial charge < -0.3 is 10.8 Å². The number of amidine groups is 1. The summed E-state index contributed by atoms with van der Waals surface area (Å²) >= 11 is 0. The largest absolute Gasteiger partial charge is 0.387 e. The van der Waals surface area contributed by atoms with Crippen molar-refractivity contribution in [2.75, 3.05) is 0 Å². The van der Waals surface area contributed by atoms with Crippen molar-refractivity contribution in [3.8, 4) is 0 Å². The molecule has 0 unspecified atom stereocenters. The fourth-order valence-corrected chi connectivity index (χ4v) is 2.46. The van der Waals surface area contributed by atoms with Crippen LogP contribution in [0.25, 0.3) is 5.65 Å². The average molecular weight is 259 g/mol. The lowest BCUT2D eigenvalue weighted by Gasteiger charge is -2.18. The fourth-order valence-electron chi connectivity index (χ4n) is 2.46. The number of nitrogens with one attached hydrogen (secondary N) is 1. The van der Waals surface area contributed by atoms with E-state index in [0.29, 0.717) is 17.0 Å². The molecule has 1 fully saturated rings. The van der Waals surface area contributed by atoms with Crippen LogP contribution in [0.4, 0.5) is 0 Å². The Balaban J connectivity index is 2.24. The van der Waals surface area contributed by atoms with Crippen LogP contribution in [0.2, 0.25) is 0 Å². The minimum Gasteiger partial charge on any atom is -0.387 e. The number of rotatable bonds is 3. The van der Waals surface area contributed by atoms with Crippen LogP contribution in [0.1, 0.15) is 38.1 Å². The van der Waals surface area contributed by atoms with Gasteiger partial charge in [0.05, 0.1) is 11.0 Å². The van der Waals surface area contributed by atoms with Gasteiger partial charge >= 0.3 is 0 Å². The number of nitrogens with two attached hydrogens (primary N) is 1. The van der Waals surface area contributed by atoms with Gasteiger partial charge in [-0.25, -0.2) is 0 Å². The maximum atomic E-state index is 10.2. The van der Waals surface area contributed by atoms with Gasteiger partial charge in [-0.15, -0.1) is 10.2 Å². The summed E-state index contributed by atoms with van der Waals surface area (Å²) in [7, 11) is 0. The first-order valence-electron chi connectivity index (χ1n) is 6.28. The fraction of sp³-hybridized carbons (Fsp3) is 0.462. The van der Waals surface area contributed by atoms with E-state index in [1.54, 1.807) is 13.8 Å². The molecular weight excluding hydrogens is 242 g/mol. The van der Waals surface area contributed by atoms with Crippen molar-refractivity contribution >= 4 is 11.5 Å². The van der Waals surface area contributed by atoms with E-state index >= 15 is 0 Å². The third kappa shape index (κ3) is 1.63. The van der Waals surface area contributed by atoms with Gasteiger partial charge in [-0.1, -0.05) is 6.07 Å². The molecule has 0 aliphatic heterocycles. The topological polar surface area (TPSA) is 100 Å². The van der Waals surface area contributed by atoms with Gasteiger partial charge in [-0.3, -0.25) is 9.81 Å². The molecule has 1 aliphatic carbocycles. The van der Waals surface area contributed by atoms with Gasteiger partial charge in [-0.05, 0) is 32.8 Å². The normalized spacial score (nSPS) is 17.6. The molecular formula is C13H17N5O. The van der Waals surface area contributed by atoms with Crippen molar-refractivity contribution in [1.29, 1.82) is 5.41 Å². The molecule has 0 saturated heterocycles. The summed E-state index contributed by atoms with van der Waals surface area (Å²) in [6.07, 6.45) is 3.51. The molecule has 0 bridgehead atoms. The summed E-state index contributed by atoms with van der Waals surface area (Å²) < 4.78 is 1.84. The molecule has 0 amide bonds. The summed E-state index contributed by atoms with van der Waals surface area (Å²) in [6, 6.07) is 3.69. The molecule has 0 aromatic carbocycles. The Hall–Kier alpha value is -1.95. The molecule has 0 spiro atoms. The second-order valence-electron chi connectivity index (χ2n) is 5.69. The Morgan fingerprint density at radius 3 is 2.68 bits per heavy atom. The Labute approximate surface area is 110 Å². The van der Waals surface area contributed by atoms with Crippen molar-refractivity contribution in [3.05, 3.63) is 29.7 Å². The number of aliphatic hydroxyl groups is 1. The molecule has 6 nitrogen and oxygen atoms in total. The van der Waals surface area contributed by atoms with Crippen molar-refractivity contribution in [2.45, 2.75) is 37.7 Å². The van der Waals surface area contributed by atoms with E-state index in [2.05, 4.69) is 10.2 Å². The van der Waals surface area contributed by atoms with Gasteiger partial charge in [0.2, 0.25) is 0 Å². The molecule has 0 atom stereocenters. The van der Waals surface area contributed by atoms with Crippen molar-refractivity contribution in [3.63, 3.8) is 0 Å². The van der Waals surface area contributed by atoms with Crippen LogP contribution in [-0.4, -0.2) is 25.5 Å². The minimum atomic E-state index is -0.986. The Bertz CT molecular complexity index is 663. The molecule has 2 aromatic rings. The minimum absolute atomic E-state index is 0.135. The van der Waals surface area contributed by atoms with E-state index < -0.39 is 11.0 Å². The summed E-state index contributed by atoms with van der Waals surface area (Å²) in [5, 5.41) is 26.3. The first-order valence-corrected chi connectivity index (χ1v) is 6.28. The lowest BCUT2D eigenvalue weighted by Crippen LogP contribution is -2.29. The smallest absolute Gasteiger partial charge is 0.166 e. The van der Waals surface area contributed by atoms with Crippen molar-refractivity contribution in [2.24, 2.45) is 5.73 Å². The van der Waals surface area contributed by atoms with E-state index in [4.69, 9.17) is 11.1 Å². The zero-order valence-corrected chi connectivity index (χ0v) is 11.0. The predicted molar refractivity (Wildman–Crippen MR) is 71.1 cm³/mol. The second kappa shape index (κ2) is 3.54. The highest BCUT2D eigenvalue weighted by Crippen LogP contribution is 2.47. The highest BCUT2D eigenvalue weighted by Gasteiger charge is 2.51. The van der Waals surface area contributed by atoms with E-state index in [1.807, 2.05) is 22.7 Å². The Kier molecular flexibility index (Phi) is 2.25. The van der Waals surface area contributed by atoms with Gasteiger partial charge in [0.1, 0.15) is 5.84 Å². The van der Waals surface area contributed by atoms with Gasteiger partial charge in [0.15, 0.2) is 11.5 Å². The standard InChI is InChI=1S/C13H17N5O/c1-12(2,19)8-4-3-7-18-9(8)16-17-11(18)13(5-6-13)10(14)15/h3-4,7,19H,5-6H2,1-2H3,(H3,14,15). The quantitative estimate of drug-likeness (QED) is 0.563. The van der Waals surface area contributed by atoms with Crippen molar-refractivity contribution in [1.82, 2.24) is 14.6 Å². The predicted octanol–water partition coefficient (Wildman–Crippen LogP) is 0.924. The molecule has 3 rings (SSSR count). The maximum absolute atomic E-state index is 10.2. The number of pyridine rings is 1. The number of fused-ring (bicyclic) bond motifs is 1. The highest BCUT2D eigenvalue weighted by molar-refractivity contribution is 5.91. The lowest BCUT2D eigenvalue weighted by atomic mass is 9.99. The van der Waals surface area contributed by atoms with Gasteiger partial charge in [0, 0.05) is 11.8 Å². The van der Waals surface area contributed by atoms with E-state index in [0.717, 1.165) is 12.8 Å². The number of hydrogen-bond donors (Lipinski definition) is 3. The first kappa shape index (κ1) is 12.1. The average Bonchev–Trinajstić information content (AvgIpc) is 3.02. The van der Waals surface area contributed by atoms with E-state index in [9.17, 15) is 5.11 Å². The zero-order chi connectivity index (χ0) is 13.8. The van der Waals surface area contributed by atoms with Crippen LogP contribution < -0.4 is 5.73 Å². The van der Waals surface area contributed by atoms with E-state index in [-0.39, 0.29) is 5.84 Å².